The third-order valence-electron chi connectivity index (χ3n) is 2.80. The Labute approximate surface area is 109 Å². The Balaban J connectivity index is 2.55. The number of benzene rings is 2. The Morgan fingerprint density at radius 3 is 1.50 bits per heavy atom. The van der Waals surface area contributed by atoms with E-state index in [1.807, 2.05) is 36.4 Å². The van der Waals surface area contributed by atoms with Gasteiger partial charge in [-0.05, 0) is 25.7 Å². The fraction of sp³-hybridized carbons (Fsp3) is 0.200. The van der Waals surface area contributed by atoms with Crippen molar-refractivity contribution in [3.05, 3.63) is 48.5 Å². The summed E-state index contributed by atoms with van der Waals surface area (Å²) in [5.74, 6) is 0.612. The Morgan fingerprint density at radius 1 is 0.778 bits per heavy atom. The van der Waals surface area contributed by atoms with Crippen LogP contribution in [0.15, 0.2) is 48.5 Å². The van der Waals surface area contributed by atoms with Gasteiger partial charge in [0.15, 0.2) is 0 Å². The molecule has 0 atom stereocenters. The van der Waals surface area contributed by atoms with Gasteiger partial charge in [0.1, 0.15) is 11.5 Å². The maximum atomic E-state index is 10.0. The molecule has 0 aliphatic heterocycles. The molecule has 0 aromatic heterocycles. The van der Waals surface area contributed by atoms with E-state index in [4.69, 9.17) is 0 Å². The van der Waals surface area contributed by atoms with Crippen LogP contribution in [0.1, 0.15) is 13.8 Å². The summed E-state index contributed by atoms with van der Waals surface area (Å²) in [4.78, 5) is 0. The van der Waals surface area contributed by atoms with Gasteiger partial charge in [0.25, 0.3) is 0 Å². The van der Waals surface area contributed by atoms with Gasteiger partial charge in [-0.3, -0.25) is 0 Å². The van der Waals surface area contributed by atoms with Gasteiger partial charge >= 0.3 is 0 Å². The first-order valence-corrected chi connectivity index (χ1v) is 7.37. The van der Waals surface area contributed by atoms with E-state index in [-0.39, 0.29) is 0 Å². The number of para-hydroxylation sites is 2. The summed E-state index contributed by atoms with van der Waals surface area (Å²) >= 11 is 0. The minimum atomic E-state index is -0.752. The number of aromatic hydroxyl groups is 2. The maximum Gasteiger partial charge on any atom is 0.123 e. The molecule has 3 heteroatoms. The van der Waals surface area contributed by atoms with Crippen molar-refractivity contribution in [1.82, 2.24) is 0 Å². The number of hydrogen-bond acceptors (Lipinski definition) is 2. The van der Waals surface area contributed by atoms with Crippen molar-refractivity contribution >= 4 is 18.5 Å². The monoisotopic (exact) mass is 260 g/mol. The van der Waals surface area contributed by atoms with Crippen LogP contribution in [-0.4, -0.2) is 15.9 Å². The normalized spacial score (nSPS) is 11.1. The lowest BCUT2D eigenvalue weighted by atomic mass is 10.3. The van der Waals surface area contributed by atoms with Crippen LogP contribution in [-0.2, 0) is 0 Å². The number of phenolic OH excluding ortho intramolecular Hbond substituents is 2. The molecule has 0 heterocycles. The second-order valence-electron chi connectivity index (χ2n) is 4.44. The van der Waals surface area contributed by atoms with E-state index in [0.29, 0.717) is 17.2 Å². The van der Waals surface area contributed by atoms with Crippen molar-refractivity contribution in [2.45, 2.75) is 19.5 Å². The molecule has 2 rings (SSSR count). The second kappa shape index (κ2) is 5.41. The molecule has 0 bridgehead atoms. The van der Waals surface area contributed by atoms with Crippen LogP contribution in [0.5, 0.6) is 11.5 Å². The van der Waals surface area contributed by atoms with Crippen molar-refractivity contribution in [3.63, 3.8) is 0 Å². The smallest absolute Gasteiger partial charge is 0.123 e. The van der Waals surface area contributed by atoms with Crippen LogP contribution in [0.3, 0.4) is 0 Å². The van der Waals surface area contributed by atoms with Gasteiger partial charge in [-0.1, -0.05) is 50.2 Å². The van der Waals surface area contributed by atoms with Crippen LogP contribution >= 0.6 is 7.92 Å². The van der Waals surface area contributed by atoms with Crippen LogP contribution in [0.25, 0.3) is 0 Å². The third-order valence-corrected chi connectivity index (χ3v) is 5.63. The number of hydrogen-bond donors (Lipinski definition) is 2. The lowest BCUT2D eigenvalue weighted by molar-refractivity contribution is 0.479. The molecule has 94 valence electrons. The van der Waals surface area contributed by atoms with Crippen molar-refractivity contribution < 1.29 is 10.2 Å². The zero-order valence-corrected chi connectivity index (χ0v) is 11.4. The van der Waals surface area contributed by atoms with Gasteiger partial charge in [0, 0.05) is 10.6 Å². The molecule has 2 aromatic carbocycles. The zero-order valence-electron chi connectivity index (χ0n) is 10.5. The van der Waals surface area contributed by atoms with E-state index < -0.39 is 7.92 Å². The maximum absolute atomic E-state index is 10.0. The molecule has 0 amide bonds. The van der Waals surface area contributed by atoms with Gasteiger partial charge in [0.05, 0.1) is 0 Å². The molecule has 0 aliphatic rings. The molecular weight excluding hydrogens is 243 g/mol. The first kappa shape index (κ1) is 12.9. The highest BCUT2D eigenvalue weighted by atomic mass is 31.1. The topological polar surface area (TPSA) is 40.5 Å². The van der Waals surface area contributed by atoms with Gasteiger partial charge in [0.2, 0.25) is 0 Å². The molecule has 0 spiro atoms. The summed E-state index contributed by atoms with van der Waals surface area (Å²) in [6.45, 7) is 4.23. The minimum absolute atomic E-state index is 0.306. The molecule has 0 radical (unpaired) electrons. The first-order valence-electron chi connectivity index (χ1n) is 5.96. The lowest BCUT2D eigenvalue weighted by Crippen LogP contribution is -2.18. The fourth-order valence-corrected chi connectivity index (χ4v) is 4.53. The predicted octanol–water partition coefficient (Wildman–Crippen LogP) is 2.94. The highest BCUT2D eigenvalue weighted by Crippen LogP contribution is 2.43. The summed E-state index contributed by atoms with van der Waals surface area (Å²) in [7, 11) is -0.752. The second-order valence-corrected chi connectivity index (χ2v) is 7.18. The van der Waals surface area contributed by atoms with Crippen molar-refractivity contribution in [2.24, 2.45) is 0 Å². The van der Waals surface area contributed by atoms with Crippen LogP contribution in [0, 0.1) is 0 Å². The van der Waals surface area contributed by atoms with Crippen LogP contribution in [0.4, 0.5) is 0 Å². The molecule has 0 unspecified atom stereocenters. The molecule has 0 aliphatic carbocycles. The molecule has 18 heavy (non-hydrogen) atoms. The Morgan fingerprint density at radius 2 is 1.17 bits per heavy atom. The average Bonchev–Trinajstić information content (AvgIpc) is 2.34. The van der Waals surface area contributed by atoms with Crippen LogP contribution < -0.4 is 10.6 Å². The summed E-state index contributed by atoms with van der Waals surface area (Å²) < 4.78 is 0. The Hall–Kier alpha value is -1.53. The fourth-order valence-electron chi connectivity index (χ4n) is 2.02. The largest absolute Gasteiger partial charge is 0.507 e. The van der Waals surface area contributed by atoms with E-state index in [1.54, 1.807) is 12.1 Å². The SMILES string of the molecule is CC(C)P(c1ccccc1O)c1ccccc1O. The molecule has 0 fully saturated rings. The highest BCUT2D eigenvalue weighted by Gasteiger charge is 2.22. The Kier molecular flexibility index (Phi) is 3.88. The molecule has 0 saturated carbocycles. The van der Waals surface area contributed by atoms with Gasteiger partial charge in [-0.15, -0.1) is 0 Å². The highest BCUT2D eigenvalue weighted by molar-refractivity contribution is 7.74. The van der Waals surface area contributed by atoms with E-state index in [0.717, 1.165) is 10.6 Å². The zero-order chi connectivity index (χ0) is 13.1. The minimum Gasteiger partial charge on any atom is -0.507 e. The molecule has 2 N–H and O–H groups in total. The standard InChI is InChI=1S/C15H17O2P/c1-11(2)18(14-9-5-3-7-12(14)16)15-10-6-4-8-13(15)17/h3-11,16-17H,1-2H3. The predicted molar refractivity (Wildman–Crippen MR) is 77.5 cm³/mol. The van der Waals surface area contributed by atoms with Gasteiger partial charge in [-0.2, -0.15) is 0 Å². The van der Waals surface area contributed by atoms with E-state index in [9.17, 15) is 10.2 Å². The van der Waals surface area contributed by atoms with Crippen molar-refractivity contribution in [2.75, 3.05) is 0 Å². The average molecular weight is 260 g/mol. The third kappa shape index (κ3) is 2.49. The molecule has 2 aromatic rings. The quantitative estimate of drug-likeness (QED) is 0.833. The van der Waals surface area contributed by atoms with E-state index in [1.165, 1.54) is 0 Å². The number of rotatable bonds is 3. The van der Waals surface area contributed by atoms with Gasteiger partial charge < -0.3 is 10.2 Å². The van der Waals surface area contributed by atoms with Crippen LogP contribution in [0.2, 0.25) is 0 Å². The Bertz CT molecular complexity index is 492. The van der Waals surface area contributed by atoms with E-state index in [2.05, 4.69) is 13.8 Å². The van der Waals surface area contributed by atoms with Crippen molar-refractivity contribution in [1.29, 1.82) is 0 Å². The summed E-state index contributed by atoms with van der Waals surface area (Å²) in [5, 5.41) is 21.9. The van der Waals surface area contributed by atoms with Crippen molar-refractivity contribution in [3.8, 4) is 11.5 Å². The molecule has 2 nitrogen and oxygen atoms in total. The summed E-state index contributed by atoms with van der Waals surface area (Å²) in [5.41, 5.74) is 0.349. The first-order chi connectivity index (χ1) is 8.61. The summed E-state index contributed by atoms with van der Waals surface area (Å²) in [6, 6.07) is 14.8. The summed E-state index contributed by atoms with van der Waals surface area (Å²) in [6.07, 6.45) is 0. The van der Waals surface area contributed by atoms with E-state index >= 15 is 0 Å². The lowest BCUT2D eigenvalue weighted by Gasteiger charge is -2.24. The molecule has 0 saturated heterocycles. The molecular formula is C15H17O2P. The number of phenols is 2. The van der Waals surface area contributed by atoms with Gasteiger partial charge in [-0.25, -0.2) is 0 Å².